The van der Waals surface area contributed by atoms with Gasteiger partial charge >= 0.3 is 0 Å². The fourth-order valence-corrected chi connectivity index (χ4v) is 7.46. The number of hydrogen-bond acceptors (Lipinski definition) is 8. The van der Waals surface area contributed by atoms with E-state index in [1.165, 1.54) is 0 Å². The first-order chi connectivity index (χ1) is 30.1. The van der Waals surface area contributed by atoms with Crippen LogP contribution in [0.3, 0.4) is 0 Å². The Morgan fingerprint density at radius 1 is 0.500 bits per heavy atom. The number of hydrogen-bond donors (Lipinski definition) is 4. The average Bonchev–Trinajstić information content (AvgIpc) is 3.29. The molecule has 0 aliphatic heterocycles. The number of carbonyl (C=O) groups is 2. The Bertz CT molecular complexity index is 2870. The lowest BCUT2D eigenvalue weighted by molar-refractivity contribution is 0.101. The van der Waals surface area contributed by atoms with Crippen molar-refractivity contribution >= 4 is 90.7 Å². The van der Waals surface area contributed by atoms with E-state index in [1.54, 1.807) is 60.7 Å². The van der Waals surface area contributed by atoms with Crippen LogP contribution < -0.4 is 10.6 Å². The smallest absolute Gasteiger partial charge is 0.259 e. The molecule has 8 aromatic rings. The van der Waals surface area contributed by atoms with Crippen molar-refractivity contribution in [1.82, 2.24) is 0 Å². The molecule has 0 aliphatic rings. The predicted octanol–water partition coefficient (Wildman–Crippen LogP) is 14.8. The molecule has 0 bridgehead atoms. The number of fused-ring (bicyclic) bond motifs is 2. The highest BCUT2D eigenvalue weighted by atomic mass is 35.5. The van der Waals surface area contributed by atoms with E-state index in [0.717, 1.165) is 35.1 Å². The number of halogens is 2. The molecule has 306 valence electrons. The number of phenols is 2. The van der Waals surface area contributed by atoms with E-state index in [2.05, 4.69) is 31.1 Å². The monoisotopic (exact) mass is 856 g/mol. The number of anilines is 2. The molecular formula is C50H38Cl2N6O4. The van der Waals surface area contributed by atoms with E-state index < -0.39 is 11.8 Å². The molecular weight excluding hydrogens is 819 g/mol. The van der Waals surface area contributed by atoms with Crippen molar-refractivity contribution < 1.29 is 19.8 Å². The summed E-state index contributed by atoms with van der Waals surface area (Å²) in [7, 11) is 0. The molecule has 8 aromatic carbocycles. The molecule has 0 radical (unpaired) electrons. The lowest BCUT2D eigenvalue weighted by Gasteiger charge is -2.12. The highest BCUT2D eigenvalue weighted by molar-refractivity contribution is 6.33. The molecule has 8 rings (SSSR count). The lowest BCUT2D eigenvalue weighted by Crippen LogP contribution is -2.12. The Morgan fingerprint density at radius 2 is 0.887 bits per heavy atom. The minimum atomic E-state index is -0.526. The first-order valence-corrected chi connectivity index (χ1v) is 20.6. The van der Waals surface area contributed by atoms with Gasteiger partial charge in [-0.3, -0.25) is 9.59 Å². The molecule has 0 heterocycles. The number of carbonyl (C=O) groups excluding carboxylic acids is 2. The minimum Gasteiger partial charge on any atom is -0.505 e. The maximum absolute atomic E-state index is 13.6. The second kappa shape index (κ2) is 18.1. The van der Waals surface area contributed by atoms with E-state index in [1.807, 2.05) is 98.8 Å². The largest absolute Gasteiger partial charge is 0.505 e. The third kappa shape index (κ3) is 8.74. The SMILES string of the molecule is CCc1ccc(N=Nc2c(O)c(C(=O)Nc3ccc(-c4ccc(NC(=O)c5cc6ccccc6c(N=Nc6ccc(CC)cc6Cl)c5O)cc4)cc3)cc3ccccc23)c(Cl)c1. The molecule has 0 saturated carbocycles. The van der Waals surface area contributed by atoms with Crippen LogP contribution in [-0.2, 0) is 12.8 Å². The highest BCUT2D eigenvalue weighted by Crippen LogP contribution is 2.42. The van der Waals surface area contributed by atoms with Crippen LogP contribution in [0.2, 0.25) is 10.0 Å². The van der Waals surface area contributed by atoms with Gasteiger partial charge in [-0.2, -0.15) is 0 Å². The summed E-state index contributed by atoms with van der Waals surface area (Å²) >= 11 is 12.9. The standard InChI is InChI=1S/C50H38Cl2N6O4/c1-3-29-13-23-43(41(51)25-29)55-57-45-37-11-7-5-9-33(37)27-39(47(45)59)49(61)53-35-19-15-31(16-20-35)32-17-21-36(22-18-32)54-50(62)40-28-34-10-6-8-12-38(34)46(48(40)60)58-56-44-24-14-30(4-2)26-42(44)52/h5-28,59-60H,3-4H2,1-2H3,(H,53,61)(H,54,62). The number of aromatic hydroxyl groups is 2. The van der Waals surface area contributed by atoms with E-state index in [4.69, 9.17) is 23.2 Å². The molecule has 12 heteroatoms. The first-order valence-electron chi connectivity index (χ1n) is 19.8. The van der Waals surface area contributed by atoms with Crippen molar-refractivity contribution in [2.24, 2.45) is 20.5 Å². The van der Waals surface area contributed by atoms with Crippen molar-refractivity contribution in [2.45, 2.75) is 26.7 Å². The summed E-state index contributed by atoms with van der Waals surface area (Å²) in [4.78, 5) is 27.2. The summed E-state index contributed by atoms with van der Waals surface area (Å²) in [6.45, 7) is 4.06. The first kappa shape index (κ1) is 41.3. The van der Waals surface area contributed by atoms with Gasteiger partial charge in [0.25, 0.3) is 11.8 Å². The van der Waals surface area contributed by atoms with Crippen LogP contribution >= 0.6 is 23.2 Å². The number of phenolic OH excluding ortho intramolecular Hbond substituents is 2. The van der Waals surface area contributed by atoms with Crippen LogP contribution in [0.5, 0.6) is 11.5 Å². The normalized spacial score (nSPS) is 11.5. The molecule has 0 saturated heterocycles. The number of amides is 2. The van der Waals surface area contributed by atoms with Gasteiger partial charge in [0, 0.05) is 22.1 Å². The van der Waals surface area contributed by atoms with Crippen molar-refractivity contribution in [2.75, 3.05) is 10.6 Å². The molecule has 4 N–H and O–H groups in total. The second-order valence-electron chi connectivity index (χ2n) is 14.4. The molecule has 0 unspecified atom stereocenters. The minimum absolute atomic E-state index is 0.0342. The van der Waals surface area contributed by atoms with Crippen molar-refractivity contribution in [3.8, 4) is 22.6 Å². The number of aryl methyl sites for hydroxylation is 2. The quantitative estimate of drug-likeness (QED) is 0.0958. The van der Waals surface area contributed by atoms with E-state index in [0.29, 0.717) is 54.3 Å². The Morgan fingerprint density at radius 3 is 1.26 bits per heavy atom. The van der Waals surface area contributed by atoms with Gasteiger partial charge in [-0.25, -0.2) is 0 Å². The van der Waals surface area contributed by atoms with Gasteiger partial charge in [-0.05, 0) is 107 Å². The van der Waals surface area contributed by atoms with E-state index >= 15 is 0 Å². The van der Waals surface area contributed by atoms with Crippen LogP contribution in [0.1, 0.15) is 45.7 Å². The van der Waals surface area contributed by atoms with Gasteiger partial charge < -0.3 is 20.8 Å². The number of benzene rings is 8. The topological polar surface area (TPSA) is 148 Å². The van der Waals surface area contributed by atoms with Crippen LogP contribution in [0.15, 0.2) is 166 Å². The fraction of sp³-hybridized carbons (Fsp3) is 0.0800. The van der Waals surface area contributed by atoms with Gasteiger partial charge in [0.05, 0.1) is 21.2 Å². The van der Waals surface area contributed by atoms with Crippen molar-refractivity contribution in [3.05, 3.63) is 178 Å². The van der Waals surface area contributed by atoms with Crippen molar-refractivity contribution in [1.29, 1.82) is 0 Å². The number of nitrogens with zero attached hydrogens (tertiary/aromatic N) is 4. The van der Waals surface area contributed by atoms with Gasteiger partial charge in [-0.15, -0.1) is 20.5 Å². The Kier molecular flexibility index (Phi) is 12.0. The molecule has 62 heavy (non-hydrogen) atoms. The maximum atomic E-state index is 13.6. The summed E-state index contributed by atoms with van der Waals surface area (Å²) in [6, 6.07) is 43.3. The average molecular weight is 858 g/mol. The Hall–Kier alpha value is -7.40. The fourth-order valence-electron chi connectivity index (χ4n) is 6.98. The Labute approximate surface area is 367 Å². The van der Waals surface area contributed by atoms with Crippen LogP contribution in [0.4, 0.5) is 34.1 Å². The maximum Gasteiger partial charge on any atom is 0.259 e. The molecule has 2 amide bonds. The Balaban J connectivity index is 0.972. The summed E-state index contributed by atoms with van der Waals surface area (Å²) < 4.78 is 0. The zero-order valence-corrected chi connectivity index (χ0v) is 35.0. The third-order valence-electron chi connectivity index (χ3n) is 10.5. The molecule has 0 atom stereocenters. The predicted molar refractivity (Wildman–Crippen MR) is 249 cm³/mol. The van der Waals surface area contributed by atoms with Crippen LogP contribution in [0, 0.1) is 0 Å². The number of nitrogens with one attached hydrogen (secondary N) is 2. The zero-order chi connectivity index (χ0) is 43.3. The van der Waals surface area contributed by atoms with E-state index in [9.17, 15) is 19.8 Å². The van der Waals surface area contributed by atoms with Crippen molar-refractivity contribution in [3.63, 3.8) is 0 Å². The molecule has 0 aromatic heterocycles. The summed E-state index contributed by atoms with van der Waals surface area (Å²) in [5.41, 5.74) is 6.10. The van der Waals surface area contributed by atoms with E-state index in [-0.39, 0.29) is 34.0 Å². The zero-order valence-electron chi connectivity index (χ0n) is 33.5. The third-order valence-corrected chi connectivity index (χ3v) is 11.1. The molecule has 0 aliphatic carbocycles. The van der Waals surface area contributed by atoms with Gasteiger partial charge in [0.1, 0.15) is 22.7 Å². The molecule has 10 nitrogen and oxygen atoms in total. The summed E-state index contributed by atoms with van der Waals surface area (Å²) in [5.74, 6) is -1.67. The van der Waals surface area contributed by atoms with Gasteiger partial charge in [-0.1, -0.05) is 122 Å². The van der Waals surface area contributed by atoms with Crippen LogP contribution in [0.25, 0.3) is 32.7 Å². The second-order valence-corrected chi connectivity index (χ2v) is 15.2. The number of rotatable bonds is 11. The summed E-state index contributed by atoms with van der Waals surface area (Å²) in [5, 5.41) is 49.3. The van der Waals surface area contributed by atoms with Gasteiger partial charge in [0.2, 0.25) is 0 Å². The molecule has 0 spiro atoms. The number of azo groups is 2. The lowest BCUT2D eigenvalue weighted by atomic mass is 10.0. The highest BCUT2D eigenvalue weighted by Gasteiger charge is 2.21. The van der Waals surface area contributed by atoms with Gasteiger partial charge in [0.15, 0.2) is 11.5 Å². The molecule has 0 fully saturated rings. The summed E-state index contributed by atoms with van der Waals surface area (Å²) in [6.07, 6.45) is 1.64. The van der Waals surface area contributed by atoms with Crippen LogP contribution in [-0.4, -0.2) is 22.0 Å².